The summed E-state index contributed by atoms with van der Waals surface area (Å²) in [6.45, 7) is 0.708. The Balaban J connectivity index is 2.61. The molecule has 0 aliphatic heterocycles. The van der Waals surface area contributed by atoms with Crippen LogP contribution in [0.3, 0.4) is 0 Å². The van der Waals surface area contributed by atoms with Crippen LogP contribution in [0, 0.1) is 5.53 Å². The standard InChI is InChI=1S/C13H17N5O3/c1-18(8-7-11(16-20)9-15-17-14)12-5-3-10(4-6-12)13(19)21-2/h3-6,14H,7-9H2,1-2H3/p+1/b16-11-. The SMILES string of the molecule is COC(=O)c1ccc(N(C)CC/C(CN=[N+]=N)=N/O)cc1. The summed E-state index contributed by atoms with van der Waals surface area (Å²) in [4.78, 5) is 16.2. The van der Waals surface area contributed by atoms with Crippen LogP contribution in [0.2, 0.25) is 0 Å². The molecule has 2 N–H and O–H groups in total. The van der Waals surface area contributed by atoms with Gasteiger partial charge < -0.3 is 14.8 Å². The number of carbonyl (C=O) groups excluding carboxylic acids is 1. The summed E-state index contributed by atoms with van der Waals surface area (Å²) >= 11 is 0. The lowest BCUT2D eigenvalue weighted by atomic mass is 10.2. The lowest BCUT2D eigenvalue weighted by molar-refractivity contribution is 0.0601. The highest BCUT2D eigenvalue weighted by Gasteiger charge is 2.08. The number of hydrogen-bond donors (Lipinski definition) is 2. The highest BCUT2D eigenvalue weighted by atomic mass is 16.5. The molecule has 0 heterocycles. The Morgan fingerprint density at radius 3 is 2.62 bits per heavy atom. The molecule has 0 atom stereocenters. The number of oxime groups is 1. The third-order valence-corrected chi connectivity index (χ3v) is 2.93. The Labute approximate surface area is 122 Å². The van der Waals surface area contributed by atoms with E-state index >= 15 is 0 Å². The van der Waals surface area contributed by atoms with Crippen LogP contribution in [0.5, 0.6) is 0 Å². The smallest absolute Gasteiger partial charge is 0.337 e. The molecule has 0 radical (unpaired) electrons. The molecule has 112 valence electrons. The number of hydrogen-bond acceptors (Lipinski definition) is 7. The molecule has 0 fully saturated rings. The van der Waals surface area contributed by atoms with E-state index in [2.05, 4.69) is 19.9 Å². The van der Waals surface area contributed by atoms with E-state index in [4.69, 9.17) is 10.7 Å². The van der Waals surface area contributed by atoms with Gasteiger partial charge in [-0.2, -0.15) is 0 Å². The number of ether oxygens (including phenoxy) is 1. The van der Waals surface area contributed by atoms with E-state index in [1.165, 1.54) is 7.11 Å². The van der Waals surface area contributed by atoms with Crippen molar-refractivity contribution >= 4 is 17.4 Å². The third-order valence-electron chi connectivity index (χ3n) is 2.93. The molecule has 0 aliphatic carbocycles. The molecule has 0 amide bonds. The Morgan fingerprint density at radius 2 is 2.10 bits per heavy atom. The molecule has 21 heavy (non-hydrogen) atoms. The second kappa shape index (κ2) is 8.44. The van der Waals surface area contributed by atoms with Crippen LogP contribution in [-0.2, 0) is 4.74 Å². The predicted octanol–water partition coefficient (Wildman–Crippen LogP) is 1.68. The van der Waals surface area contributed by atoms with Gasteiger partial charge in [-0.1, -0.05) is 5.16 Å². The number of esters is 1. The summed E-state index contributed by atoms with van der Waals surface area (Å²) in [5, 5.41) is 15.4. The van der Waals surface area contributed by atoms with Gasteiger partial charge in [0.05, 0.1) is 18.4 Å². The van der Waals surface area contributed by atoms with Gasteiger partial charge in [-0.3, -0.25) is 0 Å². The molecule has 1 aromatic carbocycles. The summed E-state index contributed by atoms with van der Waals surface area (Å²) in [5.41, 5.74) is 8.42. The van der Waals surface area contributed by atoms with Gasteiger partial charge >= 0.3 is 5.97 Å². The van der Waals surface area contributed by atoms with E-state index in [9.17, 15) is 4.79 Å². The van der Waals surface area contributed by atoms with E-state index in [1.54, 1.807) is 12.1 Å². The number of anilines is 1. The van der Waals surface area contributed by atoms with Crippen molar-refractivity contribution in [2.75, 3.05) is 32.1 Å². The minimum atomic E-state index is -0.375. The van der Waals surface area contributed by atoms with Gasteiger partial charge in [0.2, 0.25) is 4.91 Å². The summed E-state index contributed by atoms with van der Waals surface area (Å²) < 4.78 is 4.64. The zero-order chi connectivity index (χ0) is 15.7. The summed E-state index contributed by atoms with van der Waals surface area (Å²) in [5.74, 6) is -0.375. The molecule has 0 spiro atoms. The van der Waals surface area contributed by atoms with E-state index < -0.39 is 0 Å². The van der Waals surface area contributed by atoms with Gasteiger partial charge in [-0.05, 0) is 24.3 Å². The summed E-state index contributed by atoms with van der Waals surface area (Å²) in [7, 11) is 3.22. The molecule has 8 nitrogen and oxygen atoms in total. The summed E-state index contributed by atoms with van der Waals surface area (Å²) in [6.07, 6.45) is 0.491. The number of nitrogens with zero attached hydrogens (tertiary/aromatic N) is 4. The van der Waals surface area contributed by atoms with Crippen molar-refractivity contribution in [3.63, 3.8) is 0 Å². The third kappa shape index (κ3) is 5.04. The fourth-order valence-corrected chi connectivity index (χ4v) is 1.67. The van der Waals surface area contributed by atoms with Crippen LogP contribution in [-0.4, -0.2) is 44.1 Å². The maximum Gasteiger partial charge on any atom is 0.337 e. The molecule has 8 heteroatoms. The van der Waals surface area contributed by atoms with E-state index in [-0.39, 0.29) is 12.5 Å². The molecule has 0 saturated heterocycles. The van der Waals surface area contributed by atoms with Crippen LogP contribution in [0.15, 0.2) is 34.5 Å². The number of carbonyl (C=O) groups is 1. The van der Waals surface area contributed by atoms with Crippen LogP contribution in [0.1, 0.15) is 16.8 Å². The van der Waals surface area contributed by atoms with Crippen molar-refractivity contribution in [1.29, 1.82) is 5.53 Å². The second-order valence-electron chi connectivity index (χ2n) is 4.28. The Bertz CT molecular complexity index is 549. The fraction of sp³-hybridized carbons (Fsp3) is 0.385. The number of benzene rings is 1. The van der Waals surface area contributed by atoms with Crippen molar-refractivity contribution in [3.8, 4) is 0 Å². The maximum atomic E-state index is 11.3. The van der Waals surface area contributed by atoms with Crippen molar-refractivity contribution in [2.45, 2.75) is 6.42 Å². The molecular weight excluding hydrogens is 274 g/mol. The molecule has 0 unspecified atom stereocenters. The monoisotopic (exact) mass is 292 g/mol. The Hall–Kier alpha value is -2.73. The highest BCUT2D eigenvalue weighted by Crippen LogP contribution is 2.14. The van der Waals surface area contributed by atoms with Gasteiger partial charge in [0.15, 0.2) is 6.54 Å². The first-order valence-electron chi connectivity index (χ1n) is 6.25. The van der Waals surface area contributed by atoms with Crippen molar-refractivity contribution < 1.29 is 14.7 Å². The predicted molar refractivity (Wildman–Crippen MR) is 77.0 cm³/mol. The highest BCUT2D eigenvalue weighted by molar-refractivity contribution is 5.89. The minimum Gasteiger partial charge on any atom is -0.465 e. The molecule has 0 saturated carbocycles. The normalized spacial score (nSPS) is 10.7. The minimum absolute atomic E-state index is 0.106. The molecule has 0 bridgehead atoms. The molecular formula is C13H18N5O3+. The van der Waals surface area contributed by atoms with E-state index in [0.29, 0.717) is 24.2 Å². The first-order valence-corrected chi connectivity index (χ1v) is 6.25. The fourth-order valence-electron chi connectivity index (χ4n) is 1.67. The largest absolute Gasteiger partial charge is 0.465 e. The zero-order valence-electron chi connectivity index (χ0n) is 12.0. The molecule has 0 aromatic heterocycles. The Kier molecular flexibility index (Phi) is 6.56. The zero-order valence-corrected chi connectivity index (χ0v) is 12.0. The van der Waals surface area contributed by atoms with E-state index in [1.807, 2.05) is 24.1 Å². The second-order valence-corrected chi connectivity index (χ2v) is 4.28. The van der Waals surface area contributed by atoms with Crippen LogP contribution >= 0.6 is 0 Å². The number of methoxy groups -OCH3 is 1. The van der Waals surface area contributed by atoms with E-state index in [0.717, 1.165) is 5.69 Å². The molecule has 1 aromatic rings. The first kappa shape index (κ1) is 16.3. The quantitative estimate of drug-likeness (QED) is 0.199. The van der Waals surface area contributed by atoms with Crippen LogP contribution in [0.25, 0.3) is 0 Å². The first-order chi connectivity index (χ1) is 10.1. The van der Waals surface area contributed by atoms with Crippen molar-refractivity contribution in [3.05, 3.63) is 29.8 Å². The lowest BCUT2D eigenvalue weighted by Crippen LogP contribution is -2.22. The van der Waals surface area contributed by atoms with Gasteiger partial charge in [-0.15, -0.1) is 0 Å². The molecule has 1 rings (SSSR count). The lowest BCUT2D eigenvalue weighted by Gasteiger charge is -2.19. The maximum absolute atomic E-state index is 11.3. The number of nitrogens with one attached hydrogen (secondary N) is 1. The number of rotatable bonds is 7. The Morgan fingerprint density at radius 1 is 1.43 bits per heavy atom. The van der Waals surface area contributed by atoms with Crippen molar-refractivity contribution in [2.24, 2.45) is 10.3 Å². The van der Waals surface area contributed by atoms with Gasteiger partial charge in [0.25, 0.3) is 0 Å². The average Bonchev–Trinajstić information content (AvgIpc) is 2.54. The van der Waals surface area contributed by atoms with Gasteiger partial charge in [0.1, 0.15) is 10.6 Å². The van der Waals surface area contributed by atoms with Crippen LogP contribution < -0.4 is 9.81 Å². The van der Waals surface area contributed by atoms with Crippen molar-refractivity contribution in [1.82, 2.24) is 4.91 Å². The van der Waals surface area contributed by atoms with Gasteiger partial charge in [0, 0.05) is 25.7 Å². The summed E-state index contributed by atoms with van der Waals surface area (Å²) in [6, 6.07) is 7.00. The average molecular weight is 292 g/mol. The topological polar surface area (TPSA) is 112 Å². The van der Waals surface area contributed by atoms with Crippen LogP contribution in [0.4, 0.5) is 5.69 Å². The van der Waals surface area contributed by atoms with Gasteiger partial charge in [-0.25, -0.2) is 4.79 Å². The molecule has 0 aliphatic rings.